The zero-order chi connectivity index (χ0) is 10.1. The van der Waals surface area contributed by atoms with E-state index in [1.54, 1.807) is 6.07 Å². The molecule has 1 saturated heterocycles. The molecule has 2 rings (SSSR count). The van der Waals surface area contributed by atoms with Gasteiger partial charge in [-0.1, -0.05) is 6.92 Å². The van der Waals surface area contributed by atoms with Crippen molar-refractivity contribution < 1.29 is 4.39 Å². The van der Waals surface area contributed by atoms with Crippen LogP contribution in [0.1, 0.15) is 13.3 Å². The third-order valence-corrected chi connectivity index (χ3v) is 2.76. The zero-order valence-corrected chi connectivity index (χ0v) is 8.33. The van der Waals surface area contributed by atoms with Gasteiger partial charge in [0.2, 0.25) is 0 Å². The smallest absolute Gasteiger partial charge is 0.125 e. The van der Waals surface area contributed by atoms with E-state index in [-0.39, 0.29) is 5.82 Å². The van der Waals surface area contributed by atoms with Gasteiger partial charge in [0.25, 0.3) is 0 Å². The summed E-state index contributed by atoms with van der Waals surface area (Å²) in [6, 6.07) is 4.55. The Kier molecular flexibility index (Phi) is 2.32. The molecule has 0 bridgehead atoms. The molecule has 1 aliphatic rings. The summed E-state index contributed by atoms with van der Waals surface area (Å²) in [5.74, 6) is 0.464. The van der Waals surface area contributed by atoms with Crippen molar-refractivity contribution in [1.29, 1.82) is 0 Å². The summed E-state index contributed by atoms with van der Waals surface area (Å²) in [7, 11) is 0. The summed E-state index contributed by atoms with van der Waals surface area (Å²) in [5, 5.41) is 0. The Labute approximate surface area is 83.5 Å². The number of rotatable bonds is 1. The molecule has 14 heavy (non-hydrogen) atoms. The number of nitrogens with two attached hydrogens (primary N) is 1. The van der Waals surface area contributed by atoms with Crippen LogP contribution in [0, 0.1) is 11.7 Å². The molecule has 1 aliphatic heterocycles. The van der Waals surface area contributed by atoms with Gasteiger partial charge in [0.05, 0.1) is 11.4 Å². The number of anilines is 2. The van der Waals surface area contributed by atoms with Crippen molar-refractivity contribution in [3.05, 3.63) is 24.0 Å². The molecule has 1 aromatic rings. The zero-order valence-electron chi connectivity index (χ0n) is 8.33. The van der Waals surface area contributed by atoms with Crippen molar-refractivity contribution in [2.75, 3.05) is 23.7 Å². The van der Waals surface area contributed by atoms with Gasteiger partial charge >= 0.3 is 0 Å². The van der Waals surface area contributed by atoms with Crippen molar-refractivity contribution >= 4 is 11.4 Å². The van der Waals surface area contributed by atoms with Gasteiger partial charge in [-0.3, -0.25) is 0 Å². The predicted octanol–water partition coefficient (Wildman–Crippen LogP) is 2.25. The van der Waals surface area contributed by atoms with Crippen molar-refractivity contribution in [3.8, 4) is 0 Å². The third-order valence-electron chi connectivity index (χ3n) is 2.76. The minimum Gasteiger partial charge on any atom is -0.397 e. The molecule has 3 heteroatoms. The second kappa shape index (κ2) is 3.48. The van der Waals surface area contributed by atoms with Crippen LogP contribution in [-0.4, -0.2) is 13.1 Å². The Balaban J connectivity index is 2.27. The molecule has 2 N–H and O–H groups in total. The monoisotopic (exact) mass is 194 g/mol. The van der Waals surface area contributed by atoms with Gasteiger partial charge in [-0.25, -0.2) is 4.39 Å². The molecular weight excluding hydrogens is 179 g/mol. The van der Waals surface area contributed by atoms with E-state index < -0.39 is 0 Å². The first-order valence-electron chi connectivity index (χ1n) is 4.97. The average molecular weight is 194 g/mol. The summed E-state index contributed by atoms with van der Waals surface area (Å²) in [6.45, 7) is 4.16. The lowest BCUT2D eigenvalue weighted by molar-refractivity contribution is 0.627. The molecule has 0 radical (unpaired) electrons. The van der Waals surface area contributed by atoms with Gasteiger partial charge in [0.1, 0.15) is 5.82 Å². The van der Waals surface area contributed by atoms with Crippen molar-refractivity contribution in [3.63, 3.8) is 0 Å². The minimum atomic E-state index is -0.214. The first-order chi connectivity index (χ1) is 6.66. The highest BCUT2D eigenvalue weighted by molar-refractivity contribution is 5.67. The van der Waals surface area contributed by atoms with Crippen LogP contribution in [0.15, 0.2) is 18.2 Å². The van der Waals surface area contributed by atoms with Gasteiger partial charge < -0.3 is 10.6 Å². The number of benzene rings is 1. The maximum Gasteiger partial charge on any atom is 0.125 e. The van der Waals surface area contributed by atoms with Gasteiger partial charge in [-0.05, 0) is 30.5 Å². The highest BCUT2D eigenvalue weighted by atomic mass is 19.1. The molecule has 0 spiro atoms. The molecular formula is C11H15FN2. The molecule has 0 aliphatic carbocycles. The maximum atomic E-state index is 13.0. The Morgan fingerprint density at radius 3 is 2.93 bits per heavy atom. The molecule has 1 atom stereocenters. The number of hydrogen-bond acceptors (Lipinski definition) is 2. The summed E-state index contributed by atoms with van der Waals surface area (Å²) in [4.78, 5) is 2.16. The van der Waals surface area contributed by atoms with E-state index in [4.69, 9.17) is 5.73 Å². The van der Waals surface area contributed by atoms with Crippen LogP contribution < -0.4 is 10.6 Å². The van der Waals surface area contributed by atoms with Crippen LogP contribution in [0.2, 0.25) is 0 Å². The maximum absolute atomic E-state index is 13.0. The largest absolute Gasteiger partial charge is 0.397 e. The SMILES string of the molecule is C[C@@H]1CCN(c2cc(F)ccc2N)C1. The van der Waals surface area contributed by atoms with Crippen molar-refractivity contribution in [2.45, 2.75) is 13.3 Å². The second-order valence-electron chi connectivity index (χ2n) is 4.04. The quantitative estimate of drug-likeness (QED) is 0.695. The van der Waals surface area contributed by atoms with Crippen LogP contribution in [0.4, 0.5) is 15.8 Å². The third kappa shape index (κ3) is 1.67. The van der Waals surface area contributed by atoms with E-state index >= 15 is 0 Å². The number of hydrogen-bond donors (Lipinski definition) is 1. The van der Waals surface area contributed by atoms with E-state index in [2.05, 4.69) is 11.8 Å². The highest BCUT2D eigenvalue weighted by Gasteiger charge is 2.20. The van der Waals surface area contributed by atoms with Gasteiger partial charge in [-0.15, -0.1) is 0 Å². The summed E-state index contributed by atoms with van der Waals surface area (Å²) >= 11 is 0. The van der Waals surface area contributed by atoms with E-state index in [9.17, 15) is 4.39 Å². The average Bonchev–Trinajstić information content (AvgIpc) is 2.56. The molecule has 2 nitrogen and oxygen atoms in total. The van der Waals surface area contributed by atoms with Crippen LogP contribution >= 0.6 is 0 Å². The van der Waals surface area contributed by atoms with Gasteiger partial charge in [0.15, 0.2) is 0 Å². The molecule has 0 saturated carbocycles. The van der Waals surface area contributed by atoms with Crippen LogP contribution in [0.5, 0.6) is 0 Å². The fourth-order valence-electron chi connectivity index (χ4n) is 1.94. The molecule has 0 aromatic heterocycles. The molecule has 1 heterocycles. The topological polar surface area (TPSA) is 29.3 Å². The lowest BCUT2D eigenvalue weighted by Crippen LogP contribution is -2.20. The first kappa shape index (κ1) is 9.31. The fraction of sp³-hybridized carbons (Fsp3) is 0.455. The van der Waals surface area contributed by atoms with Crippen LogP contribution in [-0.2, 0) is 0 Å². The van der Waals surface area contributed by atoms with E-state index in [0.29, 0.717) is 11.6 Å². The van der Waals surface area contributed by atoms with Gasteiger partial charge in [0, 0.05) is 13.1 Å². The van der Waals surface area contributed by atoms with Crippen molar-refractivity contribution in [2.24, 2.45) is 5.92 Å². The Hall–Kier alpha value is -1.25. The molecule has 1 fully saturated rings. The number of nitrogen functional groups attached to an aromatic ring is 1. The van der Waals surface area contributed by atoms with E-state index in [0.717, 1.165) is 25.2 Å². The standard InChI is InChI=1S/C11H15FN2/c1-8-4-5-14(7-8)11-6-9(12)2-3-10(11)13/h2-3,6,8H,4-5,7,13H2,1H3/t8-/m1/s1. The number of nitrogens with zero attached hydrogens (tertiary/aromatic N) is 1. The lowest BCUT2D eigenvalue weighted by atomic mass is 10.2. The summed E-state index contributed by atoms with van der Waals surface area (Å²) in [6.07, 6.45) is 1.16. The van der Waals surface area contributed by atoms with Gasteiger partial charge in [-0.2, -0.15) is 0 Å². The molecule has 0 unspecified atom stereocenters. The summed E-state index contributed by atoms with van der Waals surface area (Å²) in [5.41, 5.74) is 7.32. The fourth-order valence-corrected chi connectivity index (χ4v) is 1.94. The van der Waals surface area contributed by atoms with E-state index in [1.807, 2.05) is 0 Å². The predicted molar refractivity (Wildman–Crippen MR) is 56.8 cm³/mol. The highest BCUT2D eigenvalue weighted by Crippen LogP contribution is 2.29. The van der Waals surface area contributed by atoms with Crippen LogP contribution in [0.3, 0.4) is 0 Å². The second-order valence-corrected chi connectivity index (χ2v) is 4.04. The minimum absolute atomic E-state index is 0.214. The Bertz CT molecular complexity index is 338. The van der Waals surface area contributed by atoms with E-state index in [1.165, 1.54) is 12.1 Å². The van der Waals surface area contributed by atoms with Crippen LogP contribution in [0.25, 0.3) is 0 Å². The Morgan fingerprint density at radius 1 is 1.50 bits per heavy atom. The molecule has 0 amide bonds. The molecule has 76 valence electrons. The Morgan fingerprint density at radius 2 is 2.29 bits per heavy atom. The molecule has 1 aromatic carbocycles. The number of halogens is 1. The lowest BCUT2D eigenvalue weighted by Gasteiger charge is -2.20. The van der Waals surface area contributed by atoms with Crippen molar-refractivity contribution in [1.82, 2.24) is 0 Å². The summed E-state index contributed by atoms with van der Waals surface area (Å²) < 4.78 is 13.0. The normalized spacial score (nSPS) is 21.6. The first-order valence-corrected chi connectivity index (χ1v) is 4.97.